The Morgan fingerprint density at radius 1 is 0.950 bits per heavy atom. The Morgan fingerprint density at radius 2 is 1.70 bits per heavy atom. The summed E-state index contributed by atoms with van der Waals surface area (Å²) in [5.41, 5.74) is 4.96. The number of aromatic nitrogens is 5. The van der Waals surface area contributed by atoms with E-state index in [-0.39, 0.29) is 12.3 Å². The number of ether oxygens (including phenoxy) is 1. The van der Waals surface area contributed by atoms with Gasteiger partial charge in [0.15, 0.2) is 0 Å². The van der Waals surface area contributed by atoms with E-state index in [0.29, 0.717) is 29.5 Å². The first kappa shape index (κ1) is 26.6. The highest BCUT2D eigenvalue weighted by atomic mass is 16.5. The lowest BCUT2D eigenvalue weighted by molar-refractivity contribution is -0.115. The number of anilines is 2. The molecule has 0 bridgehead atoms. The Kier molecular flexibility index (Phi) is 8.41. The molecule has 2 aromatic heterocycles. The number of amides is 1. The monoisotopic (exact) mass is 533 g/mol. The Bertz CT molecular complexity index is 1560. The van der Waals surface area contributed by atoms with Crippen LogP contribution in [0.3, 0.4) is 0 Å². The first-order valence-electron chi connectivity index (χ1n) is 13.2. The third-order valence-electron chi connectivity index (χ3n) is 6.46. The molecular weight excluding hydrogens is 502 g/mol. The molecule has 0 fully saturated rings. The number of methoxy groups -OCH3 is 1. The zero-order chi connectivity index (χ0) is 27.7. The number of aromatic amines is 1. The van der Waals surface area contributed by atoms with Crippen LogP contribution in [0.5, 0.6) is 5.75 Å². The Morgan fingerprint density at radius 3 is 2.45 bits per heavy atom. The van der Waals surface area contributed by atoms with Crippen molar-refractivity contribution in [3.05, 3.63) is 102 Å². The van der Waals surface area contributed by atoms with Gasteiger partial charge in [-0.25, -0.2) is 4.98 Å². The molecule has 2 N–H and O–H groups in total. The number of nitrogens with one attached hydrogen (secondary N) is 2. The Labute approximate surface area is 233 Å². The highest BCUT2D eigenvalue weighted by molar-refractivity contribution is 5.94. The molecule has 0 aliphatic carbocycles. The van der Waals surface area contributed by atoms with Crippen LogP contribution in [0.2, 0.25) is 0 Å². The molecule has 0 unspecified atom stereocenters. The van der Waals surface area contributed by atoms with Gasteiger partial charge in [0.05, 0.1) is 19.2 Å². The molecule has 0 saturated carbocycles. The highest BCUT2D eigenvalue weighted by Gasteiger charge is 2.18. The van der Waals surface area contributed by atoms with Gasteiger partial charge in [0.2, 0.25) is 11.7 Å². The predicted molar refractivity (Wildman–Crippen MR) is 156 cm³/mol. The lowest BCUT2D eigenvalue weighted by atomic mass is 10.0. The van der Waals surface area contributed by atoms with Crippen molar-refractivity contribution in [1.29, 1.82) is 0 Å². The number of hydrogen-bond donors (Lipinski definition) is 2. The van der Waals surface area contributed by atoms with Crippen LogP contribution in [0.1, 0.15) is 24.5 Å². The van der Waals surface area contributed by atoms with E-state index in [0.717, 1.165) is 35.5 Å². The van der Waals surface area contributed by atoms with Gasteiger partial charge < -0.3 is 15.0 Å². The maximum absolute atomic E-state index is 13.2. The topological polar surface area (TPSA) is 109 Å². The van der Waals surface area contributed by atoms with Crippen LogP contribution in [0.25, 0.3) is 22.6 Å². The molecule has 0 aliphatic rings. The Hall–Kier alpha value is -5.05. The van der Waals surface area contributed by atoms with Gasteiger partial charge in [-0.3, -0.25) is 4.79 Å². The van der Waals surface area contributed by atoms with Crippen LogP contribution in [-0.2, 0) is 17.8 Å². The molecule has 0 atom stereocenters. The number of pyridine rings is 1. The lowest BCUT2D eigenvalue weighted by Gasteiger charge is -2.25. The molecule has 40 heavy (non-hydrogen) atoms. The number of H-pyrrole nitrogens is 1. The minimum Gasteiger partial charge on any atom is -0.496 e. The molecular formula is C31H31N7O2. The number of nitrogens with zero attached hydrogens (tertiary/aromatic N) is 5. The van der Waals surface area contributed by atoms with Gasteiger partial charge in [-0.2, -0.15) is 5.21 Å². The number of carbonyl (C=O) groups excluding carboxylic acids is 1. The van der Waals surface area contributed by atoms with E-state index in [1.54, 1.807) is 7.11 Å². The van der Waals surface area contributed by atoms with Gasteiger partial charge in [0.25, 0.3) is 0 Å². The van der Waals surface area contributed by atoms with E-state index in [1.165, 1.54) is 5.56 Å². The molecule has 0 spiro atoms. The largest absolute Gasteiger partial charge is 0.496 e. The molecule has 2 heterocycles. The summed E-state index contributed by atoms with van der Waals surface area (Å²) in [7, 11) is 1.61. The number of para-hydroxylation sites is 1. The van der Waals surface area contributed by atoms with Crippen LogP contribution in [-0.4, -0.2) is 45.2 Å². The van der Waals surface area contributed by atoms with Crippen molar-refractivity contribution in [2.75, 3.05) is 23.9 Å². The van der Waals surface area contributed by atoms with Crippen LogP contribution < -0.4 is 15.0 Å². The van der Waals surface area contributed by atoms with Gasteiger partial charge in [0.1, 0.15) is 11.6 Å². The summed E-state index contributed by atoms with van der Waals surface area (Å²) < 4.78 is 5.44. The molecule has 0 radical (unpaired) electrons. The second kappa shape index (κ2) is 12.7. The lowest BCUT2D eigenvalue weighted by Crippen LogP contribution is -2.25. The second-order valence-corrected chi connectivity index (χ2v) is 9.32. The summed E-state index contributed by atoms with van der Waals surface area (Å²) in [5.74, 6) is 1.77. The zero-order valence-corrected chi connectivity index (χ0v) is 22.5. The van der Waals surface area contributed by atoms with Crippen LogP contribution in [0, 0.1) is 0 Å². The van der Waals surface area contributed by atoms with Crippen molar-refractivity contribution in [2.45, 2.75) is 26.3 Å². The first-order valence-corrected chi connectivity index (χ1v) is 13.2. The minimum atomic E-state index is -0.149. The SMILES string of the molecule is CCCN(Cc1ccccc1)c1cc(NC(=O)Cc2ccccc2OC)cc(-c2ccccc2-c2nn[nH]n2)n1. The normalized spacial score (nSPS) is 10.8. The van der Waals surface area contributed by atoms with Crippen molar-refractivity contribution in [2.24, 2.45) is 0 Å². The van der Waals surface area contributed by atoms with Gasteiger partial charge in [0, 0.05) is 41.5 Å². The molecule has 202 valence electrons. The summed E-state index contributed by atoms with van der Waals surface area (Å²) in [4.78, 5) is 20.5. The fourth-order valence-corrected chi connectivity index (χ4v) is 4.64. The molecule has 3 aromatic carbocycles. The highest BCUT2D eigenvalue weighted by Crippen LogP contribution is 2.33. The summed E-state index contributed by atoms with van der Waals surface area (Å²) in [6.07, 6.45) is 1.12. The number of benzene rings is 3. The summed E-state index contributed by atoms with van der Waals surface area (Å²) in [6, 6.07) is 29.4. The maximum atomic E-state index is 13.2. The number of hydrogen-bond acceptors (Lipinski definition) is 7. The van der Waals surface area contributed by atoms with Crippen molar-refractivity contribution in [3.8, 4) is 28.4 Å². The van der Waals surface area contributed by atoms with E-state index in [4.69, 9.17) is 9.72 Å². The van der Waals surface area contributed by atoms with Gasteiger partial charge in [-0.1, -0.05) is 79.7 Å². The molecule has 9 nitrogen and oxygen atoms in total. The average molecular weight is 534 g/mol. The number of rotatable bonds is 11. The molecule has 0 aliphatic heterocycles. The first-order chi connectivity index (χ1) is 19.6. The van der Waals surface area contributed by atoms with E-state index in [2.05, 4.69) is 49.9 Å². The molecule has 1 amide bonds. The van der Waals surface area contributed by atoms with E-state index in [9.17, 15) is 4.79 Å². The average Bonchev–Trinajstić information content (AvgIpc) is 3.53. The summed E-state index contributed by atoms with van der Waals surface area (Å²) >= 11 is 0. The van der Waals surface area contributed by atoms with Crippen LogP contribution in [0.4, 0.5) is 11.5 Å². The number of carbonyl (C=O) groups is 1. The van der Waals surface area contributed by atoms with E-state index >= 15 is 0 Å². The maximum Gasteiger partial charge on any atom is 0.228 e. The van der Waals surface area contributed by atoms with Crippen molar-refractivity contribution in [1.82, 2.24) is 25.6 Å². The quantitative estimate of drug-likeness (QED) is 0.230. The molecule has 5 aromatic rings. The zero-order valence-electron chi connectivity index (χ0n) is 22.5. The fraction of sp³-hybridized carbons (Fsp3) is 0.194. The molecule has 5 rings (SSSR count). The standard InChI is InChI=1S/C31H31N7O2/c1-3-17-38(21-22-11-5-4-6-12-22)29-20-24(32-30(39)18-23-13-7-10-16-28(23)40-2)19-27(33-29)25-14-8-9-15-26(25)31-34-36-37-35-31/h4-16,19-20H,3,17-18,21H2,1-2H3,(H,32,33,39)(H,34,35,36,37). The third kappa shape index (κ3) is 6.32. The smallest absolute Gasteiger partial charge is 0.228 e. The van der Waals surface area contributed by atoms with Crippen molar-refractivity contribution < 1.29 is 9.53 Å². The summed E-state index contributed by atoms with van der Waals surface area (Å²) in [6.45, 7) is 3.63. The fourth-order valence-electron chi connectivity index (χ4n) is 4.64. The molecule has 0 saturated heterocycles. The Balaban J connectivity index is 1.54. The second-order valence-electron chi connectivity index (χ2n) is 9.32. The van der Waals surface area contributed by atoms with Gasteiger partial charge >= 0.3 is 0 Å². The molecule has 9 heteroatoms. The van der Waals surface area contributed by atoms with Crippen molar-refractivity contribution in [3.63, 3.8) is 0 Å². The van der Waals surface area contributed by atoms with E-state index in [1.807, 2.05) is 78.9 Å². The predicted octanol–water partition coefficient (Wildman–Crippen LogP) is 5.54. The van der Waals surface area contributed by atoms with E-state index < -0.39 is 0 Å². The van der Waals surface area contributed by atoms with Crippen LogP contribution >= 0.6 is 0 Å². The van der Waals surface area contributed by atoms with Crippen molar-refractivity contribution >= 4 is 17.4 Å². The third-order valence-corrected chi connectivity index (χ3v) is 6.46. The summed E-state index contributed by atoms with van der Waals surface area (Å²) in [5, 5.41) is 17.7. The van der Waals surface area contributed by atoms with Crippen LogP contribution in [0.15, 0.2) is 91.0 Å². The minimum absolute atomic E-state index is 0.149. The van der Waals surface area contributed by atoms with Gasteiger partial charge in [-0.05, 0) is 29.3 Å². The number of tetrazole rings is 1. The van der Waals surface area contributed by atoms with Gasteiger partial charge in [-0.15, -0.1) is 10.2 Å².